The Morgan fingerprint density at radius 1 is 0.829 bits per heavy atom. The highest BCUT2D eigenvalue weighted by atomic mass is 19.4. The zero-order chi connectivity index (χ0) is 25.4. The summed E-state index contributed by atoms with van der Waals surface area (Å²) in [5.74, 6) is -2.63. The molecule has 1 heterocycles. The third kappa shape index (κ3) is 5.80. The summed E-state index contributed by atoms with van der Waals surface area (Å²) in [6.45, 7) is 0. The Kier molecular flexibility index (Phi) is 6.56. The van der Waals surface area contributed by atoms with Gasteiger partial charge in [-0.15, -0.1) is 0 Å². The summed E-state index contributed by atoms with van der Waals surface area (Å²) < 4.78 is 92.4. The van der Waals surface area contributed by atoms with Gasteiger partial charge >= 0.3 is 12.4 Å². The zero-order valence-electron chi connectivity index (χ0n) is 18.0. The van der Waals surface area contributed by atoms with E-state index in [1.807, 2.05) is 0 Å². The van der Waals surface area contributed by atoms with Gasteiger partial charge in [0, 0.05) is 23.0 Å². The number of carbonyl (C=O) groups excluding carboxylic acids is 1. The molecule has 5 nitrogen and oxygen atoms in total. The molecular weight excluding hydrogens is 481 g/mol. The van der Waals surface area contributed by atoms with Crippen LogP contribution in [0.5, 0.6) is 0 Å². The summed E-state index contributed by atoms with van der Waals surface area (Å²) in [6.07, 6.45) is -7.74. The first-order valence-corrected chi connectivity index (χ1v) is 10.7. The van der Waals surface area contributed by atoms with E-state index >= 15 is 0 Å². The van der Waals surface area contributed by atoms with Crippen LogP contribution in [0, 0.1) is 5.82 Å². The molecule has 1 fully saturated rings. The van der Waals surface area contributed by atoms with Gasteiger partial charge < -0.3 is 10.6 Å². The largest absolute Gasteiger partial charge is 0.451 e. The maximum absolute atomic E-state index is 13.3. The summed E-state index contributed by atoms with van der Waals surface area (Å²) in [4.78, 5) is 19.2. The molecule has 0 atom stereocenters. The number of hydrogen-bond donors (Lipinski definition) is 2. The van der Waals surface area contributed by atoms with E-state index in [1.165, 1.54) is 24.3 Å². The highest BCUT2D eigenvalue weighted by Gasteiger charge is 2.37. The molecule has 0 saturated heterocycles. The van der Waals surface area contributed by atoms with Crippen LogP contribution in [0.4, 0.5) is 36.6 Å². The third-order valence-electron chi connectivity index (χ3n) is 5.79. The molecule has 0 spiro atoms. The molecule has 35 heavy (non-hydrogen) atoms. The molecule has 0 unspecified atom stereocenters. The zero-order valence-corrected chi connectivity index (χ0v) is 18.0. The molecule has 12 heteroatoms. The summed E-state index contributed by atoms with van der Waals surface area (Å²) in [5.41, 5.74) is -0.994. The van der Waals surface area contributed by atoms with Crippen molar-refractivity contribution in [3.8, 4) is 0 Å². The maximum atomic E-state index is 13.3. The molecule has 2 aromatic carbocycles. The van der Waals surface area contributed by atoms with Crippen molar-refractivity contribution in [2.75, 3.05) is 5.32 Å². The number of anilines is 1. The molecule has 2 N–H and O–H groups in total. The summed E-state index contributed by atoms with van der Waals surface area (Å²) in [7, 11) is 0. The lowest BCUT2D eigenvalue weighted by Crippen LogP contribution is -2.40. The van der Waals surface area contributed by atoms with Crippen molar-refractivity contribution in [3.05, 3.63) is 65.2 Å². The van der Waals surface area contributed by atoms with Gasteiger partial charge in [-0.1, -0.05) is 0 Å². The van der Waals surface area contributed by atoms with Crippen molar-refractivity contribution in [2.24, 2.45) is 0 Å². The highest BCUT2D eigenvalue weighted by Crippen LogP contribution is 2.36. The Bertz CT molecular complexity index is 1220. The monoisotopic (exact) mass is 500 g/mol. The number of halogens is 7. The van der Waals surface area contributed by atoms with E-state index in [2.05, 4.69) is 20.6 Å². The summed E-state index contributed by atoms with van der Waals surface area (Å²) >= 11 is 0. The van der Waals surface area contributed by atoms with Gasteiger partial charge in [0.1, 0.15) is 11.6 Å². The number of amides is 1. The van der Waals surface area contributed by atoms with Gasteiger partial charge in [-0.05, 0) is 68.1 Å². The standard InChI is InChI=1S/C23H19F7N4O/c24-14-4-1-12(2-5-14)20(35)32-16-8-6-15(7-9-16)31-19-17-11-13(22(25,26)27)3-10-18(17)33-21(34-19)23(28,29)30/h1-5,10-11,15-16H,6-9H2,(H,32,35)(H,31,33,34)/t15-,16+. The van der Waals surface area contributed by atoms with Crippen molar-refractivity contribution >= 4 is 22.6 Å². The average molecular weight is 500 g/mol. The second-order valence-electron chi connectivity index (χ2n) is 8.30. The molecule has 1 aliphatic carbocycles. The number of nitrogens with zero attached hydrogens (tertiary/aromatic N) is 2. The quantitative estimate of drug-likeness (QED) is 0.434. The number of benzene rings is 2. The van der Waals surface area contributed by atoms with Crippen molar-refractivity contribution in [1.29, 1.82) is 0 Å². The smallest absolute Gasteiger partial charge is 0.367 e. The Morgan fingerprint density at radius 2 is 1.46 bits per heavy atom. The first-order chi connectivity index (χ1) is 16.4. The minimum absolute atomic E-state index is 0.167. The molecule has 1 aliphatic rings. The van der Waals surface area contributed by atoms with Crippen LogP contribution in [-0.4, -0.2) is 28.0 Å². The molecule has 0 aliphatic heterocycles. The minimum Gasteiger partial charge on any atom is -0.367 e. The fourth-order valence-corrected chi connectivity index (χ4v) is 3.99. The molecule has 1 saturated carbocycles. The van der Waals surface area contributed by atoms with Crippen LogP contribution in [0.25, 0.3) is 10.9 Å². The molecule has 4 rings (SSSR count). The van der Waals surface area contributed by atoms with Crippen LogP contribution in [0.15, 0.2) is 42.5 Å². The van der Waals surface area contributed by atoms with E-state index in [9.17, 15) is 35.5 Å². The number of rotatable bonds is 4. The predicted octanol–water partition coefficient (Wildman–Crippen LogP) is 5.96. The van der Waals surface area contributed by atoms with E-state index in [0.29, 0.717) is 37.3 Å². The van der Waals surface area contributed by atoms with Crippen molar-refractivity contribution < 1.29 is 35.5 Å². The van der Waals surface area contributed by atoms with Crippen LogP contribution >= 0.6 is 0 Å². The van der Waals surface area contributed by atoms with E-state index < -0.39 is 29.6 Å². The molecule has 186 valence electrons. The highest BCUT2D eigenvalue weighted by molar-refractivity contribution is 5.94. The van der Waals surface area contributed by atoms with E-state index in [1.54, 1.807) is 0 Å². The van der Waals surface area contributed by atoms with Gasteiger partial charge in [0.2, 0.25) is 5.82 Å². The Balaban J connectivity index is 1.50. The molecule has 3 aromatic rings. The van der Waals surface area contributed by atoms with Crippen LogP contribution < -0.4 is 10.6 Å². The number of alkyl halides is 6. The summed E-state index contributed by atoms with van der Waals surface area (Å²) in [5, 5.41) is 5.52. The van der Waals surface area contributed by atoms with Crippen LogP contribution in [0.2, 0.25) is 0 Å². The molecule has 0 bridgehead atoms. The van der Waals surface area contributed by atoms with Gasteiger partial charge in [0.05, 0.1) is 11.1 Å². The predicted molar refractivity (Wildman–Crippen MR) is 113 cm³/mol. The topological polar surface area (TPSA) is 66.9 Å². The minimum atomic E-state index is -4.88. The molecular formula is C23H19F7N4O. The van der Waals surface area contributed by atoms with Crippen LogP contribution in [0.3, 0.4) is 0 Å². The normalized spacial score (nSPS) is 18.9. The second-order valence-corrected chi connectivity index (χ2v) is 8.30. The van der Waals surface area contributed by atoms with Crippen LogP contribution in [-0.2, 0) is 12.4 Å². The van der Waals surface area contributed by atoms with E-state index in [4.69, 9.17) is 0 Å². The molecule has 1 amide bonds. The Morgan fingerprint density at radius 3 is 2.06 bits per heavy atom. The first-order valence-electron chi connectivity index (χ1n) is 10.7. The Hall–Kier alpha value is -3.44. The number of fused-ring (bicyclic) bond motifs is 1. The second kappa shape index (κ2) is 9.31. The summed E-state index contributed by atoms with van der Waals surface area (Å²) in [6, 6.07) is 6.75. The van der Waals surface area contributed by atoms with E-state index in [0.717, 1.165) is 12.1 Å². The van der Waals surface area contributed by atoms with Crippen molar-refractivity contribution in [1.82, 2.24) is 15.3 Å². The average Bonchev–Trinajstić information content (AvgIpc) is 2.79. The van der Waals surface area contributed by atoms with Gasteiger partial charge in [-0.2, -0.15) is 26.3 Å². The Labute approximate surface area is 194 Å². The van der Waals surface area contributed by atoms with Gasteiger partial charge in [-0.25, -0.2) is 14.4 Å². The molecule has 0 radical (unpaired) electrons. The fourth-order valence-electron chi connectivity index (χ4n) is 3.99. The maximum Gasteiger partial charge on any atom is 0.451 e. The number of carbonyl (C=O) groups is 1. The SMILES string of the molecule is O=C(N[C@H]1CC[C@@H](Nc2nc(C(F)(F)F)nc3ccc(C(F)(F)F)cc23)CC1)c1ccc(F)cc1. The number of hydrogen-bond acceptors (Lipinski definition) is 4. The van der Waals surface area contributed by atoms with Crippen molar-refractivity contribution in [2.45, 2.75) is 50.1 Å². The number of aromatic nitrogens is 2. The van der Waals surface area contributed by atoms with Crippen molar-refractivity contribution in [3.63, 3.8) is 0 Å². The van der Waals surface area contributed by atoms with Gasteiger partial charge in [0.25, 0.3) is 5.91 Å². The van der Waals surface area contributed by atoms with E-state index in [-0.39, 0.29) is 34.7 Å². The fraction of sp³-hybridized carbons (Fsp3) is 0.348. The van der Waals surface area contributed by atoms with Gasteiger partial charge in [0.15, 0.2) is 0 Å². The van der Waals surface area contributed by atoms with Gasteiger partial charge in [-0.3, -0.25) is 4.79 Å². The lowest BCUT2D eigenvalue weighted by molar-refractivity contribution is -0.144. The van der Waals surface area contributed by atoms with Crippen LogP contribution in [0.1, 0.15) is 47.4 Å². The molecule has 1 aromatic heterocycles. The number of nitrogens with one attached hydrogen (secondary N) is 2. The third-order valence-corrected chi connectivity index (χ3v) is 5.79. The first kappa shape index (κ1) is 24.7. The lowest BCUT2D eigenvalue weighted by Gasteiger charge is -2.30. The lowest BCUT2D eigenvalue weighted by atomic mass is 9.91.